The lowest BCUT2D eigenvalue weighted by atomic mass is 9.86. The Balaban J connectivity index is 1.58. The smallest absolute Gasteiger partial charge is 0.303 e. The molecule has 0 amide bonds. The van der Waals surface area contributed by atoms with Crippen molar-refractivity contribution in [3.05, 3.63) is 57.1 Å². The number of carboxylic acids is 1. The number of hydrogen-bond donors (Lipinski definition) is 1. The van der Waals surface area contributed by atoms with Crippen molar-refractivity contribution in [3.8, 4) is 11.5 Å². The van der Waals surface area contributed by atoms with Gasteiger partial charge in [0, 0.05) is 23.4 Å². The van der Waals surface area contributed by atoms with Gasteiger partial charge in [0.2, 0.25) is 0 Å². The van der Waals surface area contributed by atoms with Crippen LogP contribution in [0.15, 0.2) is 24.3 Å². The quantitative estimate of drug-likeness (QED) is 0.675. The molecule has 1 N–H and O–H groups in total. The number of fused-ring (bicyclic) bond motifs is 2. The Labute approximate surface area is 176 Å². The lowest BCUT2D eigenvalue weighted by Crippen LogP contribution is -2.25. The lowest BCUT2D eigenvalue weighted by molar-refractivity contribution is -0.136. The summed E-state index contributed by atoms with van der Waals surface area (Å²) in [7, 11) is 0. The summed E-state index contributed by atoms with van der Waals surface area (Å²) in [6.45, 7) is 4.56. The summed E-state index contributed by atoms with van der Waals surface area (Å²) < 4.78 is 12.4. The highest BCUT2D eigenvalue weighted by molar-refractivity contribution is 6.30. The molecule has 4 nitrogen and oxygen atoms in total. The normalized spacial score (nSPS) is 16.7. The van der Waals surface area contributed by atoms with Crippen LogP contribution in [0.25, 0.3) is 0 Å². The Hall–Kier alpha value is -2.20. The Morgan fingerprint density at radius 2 is 1.93 bits per heavy atom. The maximum atomic E-state index is 11.0. The molecule has 4 rings (SSSR count). The van der Waals surface area contributed by atoms with Crippen molar-refractivity contribution >= 4 is 17.6 Å². The molecule has 1 aliphatic heterocycles. The van der Waals surface area contributed by atoms with Gasteiger partial charge in [-0.1, -0.05) is 17.7 Å². The van der Waals surface area contributed by atoms with Crippen molar-refractivity contribution in [2.45, 2.75) is 71.0 Å². The van der Waals surface area contributed by atoms with Gasteiger partial charge in [-0.25, -0.2) is 0 Å². The van der Waals surface area contributed by atoms with E-state index >= 15 is 0 Å². The number of carbonyl (C=O) groups is 1. The van der Waals surface area contributed by atoms with Crippen molar-refractivity contribution in [2.75, 3.05) is 0 Å². The molecule has 154 valence electrons. The molecule has 0 saturated heterocycles. The number of hydrogen-bond acceptors (Lipinski definition) is 3. The zero-order valence-electron chi connectivity index (χ0n) is 17.0. The van der Waals surface area contributed by atoms with E-state index in [1.54, 1.807) is 0 Å². The number of carboxylic acid groups (broad SMARTS) is 1. The van der Waals surface area contributed by atoms with Crippen LogP contribution < -0.4 is 9.47 Å². The maximum Gasteiger partial charge on any atom is 0.303 e. The number of aryl methyl sites for hydroxylation is 1. The van der Waals surface area contributed by atoms with Crippen LogP contribution in [-0.2, 0) is 37.1 Å². The zero-order chi connectivity index (χ0) is 20.6. The first-order chi connectivity index (χ1) is 13.8. The van der Waals surface area contributed by atoms with Gasteiger partial charge in [0.15, 0.2) is 0 Å². The Kier molecular flexibility index (Phi) is 5.48. The molecule has 0 fully saturated rings. The molecule has 1 heterocycles. The third-order valence-electron chi connectivity index (χ3n) is 5.78. The van der Waals surface area contributed by atoms with Crippen LogP contribution >= 0.6 is 11.6 Å². The van der Waals surface area contributed by atoms with Gasteiger partial charge in [0.25, 0.3) is 0 Å². The summed E-state index contributed by atoms with van der Waals surface area (Å²) in [6.07, 6.45) is 5.81. The molecule has 0 aromatic heterocycles. The van der Waals surface area contributed by atoms with E-state index in [-0.39, 0.29) is 12.0 Å². The van der Waals surface area contributed by atoms with Crippen LogP contribution in [0, 0.1) is 0 Å². The average Bonchev–Trinajstić information content (AvgIpc) is 2.98. The van der Waals surface area contributed by atoms with E-state index in [2.05, 4.69) is 13.8 Å². The van der Waals surface area contributed by atoms with Crippen molar-refractivity contribution in [3.63, 3.8) is 0 Å². The van der Waals surface area contributed by atoms with Gasteiger partial charge in [0.05, 0.1) is 0 Å². The van der Waals surface area contributed by atoms with Gasteiger partial charge in [-0.15, -0.1) is 0 Å². The topological polar surface area (TPSA) is 55.8 Å². The van der Waals surface area contributed by atoms with Crippen LogP contribution in [0.4, 0.5) is 0 Å². The zero-order valence-corrected chi connectivity index (χ0v) is 17.8. The number of ether oxygens (including phenoxy) is 2. The molecule has 0 bridgehead atoms. The largest absolute Gasteiger partial charge is 0.488 e. The monoisotopic (exact) mass is 414 g/mol. The Morgan fingerprint density at radius 3 is 2.69 bits per heavy atom. The summed E-state index contributed by atoms with van der Waals surface area (Å²) in [5, 5.41) is 9.74. The molecule has 0 spiro atoms. The van der Waals surface area contributed by atoms with Crippen LogP contribution in [0.2, 0.25) is 5.02 Å². The van der Waals surface area contributed by atoms with Crippen LogP contribution in [-0.4, -0.2) is 16.7 Å². The minimum absolute atomic E-state index is 0.161. The third kappa shape index (κ3) is 4.37. The third-order valence-corrected chi connectivity index (χ3v) is 6.00. The standard InChI is InChI=1S/C24H27ClO4/c1-24(2)13-16-11-18(25)12-17(23(16)29-24)14-28-21-9-7-15(8-10-22(26)27)19-5-3-4-6-20(19)21/h7,9,11-12H,3-6,8,10,13-14H2,1-2H3,(H,26,27). The summed E-state index contributed by atoms with van der Waals surface area (Å²) in [6, 6.07) is 7.94. The number of benzene rings is 2. The van der Waals surface area contributed by atoms with Crippen LogP contribution in [0.1, 0.15) is 60.9 Å². The SMILES string of the molecule is CC1(C)Cc2cc(Cl)cc(COc3ccc(CCC(=O)O)c4c3CCCC4)c2O1. The van der Waals surface area contributed by atoms with Gasteiger partial charge in [-0.3, -0.25) is 4.79 Å². The highest BCUT2D eigenvalue weighted by atomic mass is 35.5. The molecule has 2 aliphatic rings. The molecule has 0 atom stereocenters. The molecule has 2 aromatic carbocycles. The van der Waals surface area contributed by atoms with Crippen molar-refractivity contribution in [1.29, 1.82) is 0 Å². The summed E-state index contributed by atoms with van der Waals surface area (Å²) in [5.41, 5.74) is 5.53. The van der Waals surface area contributed by atoms with E-state index in [1.807, 2.05) is 24.3 Å². The average molecular weight is 415 g/mol. The molecule has 5 heteroatoms. The molecule has 0 radical (unpaired) electrons. The first-order valence-electron chi connectivity index (χ1n) is 10.3. The van der Waals surface area contributed by atoms with Crippen molar-refractivity contribution < 1.29 is 19.4 Å². The Morgan fingerprint density at radius 1 is 1.17 bits per heavy atom. The van der Waals surface area contributed by atoms with Gasteiger partial charge >= 0.3 is 5.97 Å². The molecular formula is C24H27ClO4. The molecule has 1 aliphatic carbocycles. The van der Waals surface area contributed by atoms with Crippen molar-refractivity contribution in [1.82, 2.24) is 0 Å². The van der Waals surface area contributed by atoms with Crippen molar-refractivity contribution in [2.24, 2.45) is 0 Å². The summed E-state index contributed by atoms with van der Waals surface area (Å²) in [5.74, 6) is 1.03. The molecular weight excluding hydrogens is 388 g/mol. The Bertz CT molecular complexity index is 948. The fourth-order valence-corrected chi connectivity index (χ4v) is 4.79. The van der Waals surface area contributed by atoms with Gasteiger partial charge in [0.1, 0.15) is 23.7 Å². The van der Waals surface area contributed by atoms with E-state index in [0.29, 0.717) is 18.1 Å². The molecule has 29 heavy (non-hydrogen) atoms. The second-order valence-electron chi connectivity index (χ2n) is 8.66. The fourth-order valence-electron chi connectivity index (χ4n) is 4.53. The van der Waals surface area contributed by atoms with E-state index < -0.39 is 5.97 Å². The highest BCUT2D eigenvalue weighted by Crippen LogP contribution is 2.40. The van der Waals surface area contributed by atoms with E-state index in [0.717, 1.165) is 60.3 Å². The van der Waals surface area contributed by atoms with Crippen LogP contribution in [0.3, 0.4) is 0 Å². The number of rotatable bonds is 6. The second kappa shape index (κ2) is 7.91. The lowest BCUT2D eigenvalue weighted by Gasteiger charge is -2.23. The predicted octanol–water partition coefficient (Wildman–Crippen LogP) is 5.53. The van der Waals surface area contributed by atoms with Gasteiger partial charge in [-0.05, 0) is 86.4 Å². The minimum atomic E-state index is -0.757. The number of aliphatic carboxylic acids is 1. The summed E-state index contributed by atoms with van der Waals surface area (Å²) in [4.78, 5) is 11.0. The van der Waals surface area contributed by atoms with E-state index in [9.17, 15) is 4.79 Å². The minimum Gasteiger partial charge on any atom is -0.488 e. The molecule has 2 aromatic rings. The van der Waals surface area contributed by atoms with E-state index in [1.165, 1.54) is 11.1 Å². The molecule has 0 unspecified atom stereocenters. The molecule has 0 saturated carbocycles. The predicted molar refractivity (Wildman–Crippen MR) is 113 cm³/mol. The number of halogens is 1. The van der Waals surface area contributed by atoms with Gasteiger partial charge in [-0.2, -0.15) is 0 Å². The van der Waals surface area contributed by atoms with E-state index in [4.69, 9.17) is 26.2 Å². The maximum absolute atomic E-state index is 11.0. The first-order valence-corrected chi connectivity index (χ1v) is 10.7. The second-order valence-corrected chi connectivity index (χ2v) is 9.10. The summed E-state index contributed by atoms with van der Waals surface area (Å²) >= 11 is 6.34. The highest BCUT2D eigenvalue weighted by Gasteiger charge is 2.32. The van der Waals surface area contributed by atoms with Crippen LogP contribution in [0.5, 0.6) is 11.5 Å². The fraction of sp³-hybridized carbons (Fsp3) is 0.458. The van der Waals surface area contributed by atoms with Gasteiger partial charge < -0.3 is 14.6 Å². The first kappa shape index (κ1) is 20.1.